The lowest BCUT2D eigenvalue weighted by molar-refractivity contribution is -0.120. The van der Waals surface area contributed by atoms with Crippen molar-refractivity contribution in [2.24, 2.45) is 5.73 Å². The molecule has 5 nitrogen and oxygen atoms in total. The van der Waals surface area contributed by atoms with E-state index in [0.29, 0.717) is 16.0 Å². The Labute approximate surface area is 170 Å². The van der Waals surface area contributed by atoms with Gasteiger partial charge in [-0.2, -0.15) is 0 Å². The fourth-order valence-corrected chi connectivity index (χ4v) is 5.30. The minimum absolute atomic E-state index is 0.227. The van der Waals surface area contributed by atoms with E-state index in [-0.39, 0.29) is 5.56 Å². The van der Waals surface area contributed by atoms with Gasteiger partial charge in [-0.1, -0.05) is 43.3 Å². The van der Waals surface area contributed by atoms with E-state index in [1.807, 2.05) is 47.8 Å². The molecule has 2 N–H and O–H groups in total. The summed E-state index contributed by atoms with van der Waals surface area (Å²) in [6.45, 7) is 3.71. The molecule has 0 saturated heterocycles. The van der Waals surface area contributed by atoms with Crippen LogP contribution in [0.5, 0.6) is 0 Å². The minimum atomic E-state index is -0.805. The topological polar surface area (TPSA) is 78.0 Å². The van der Waals surface area contributed by atoms with Crippen LogP contribution in [0, 0.1) is 0 Å². The average molecular weight is 410 g/mol. The maximum atomic E-state index is 13.6. The number of nitrogens with zero attached hydrogens (tertiary/aromatic N) is 2. The Kier molecular flexibility index (Phi) is 4.87. The number of aryl methyl sites for hydroxylation is 1. The second-order valence-electron chi connectivity index (χ2n) is 6.47. The Bertz CT molecular complexity index is 1210. The number of benzene rings is 1. The molecule has 28 heavy (non-hydrogen) atoms. The summed E-state index contributed by atoms with van der Waals surface area (Å²) in [4.78, 5) is 33.3. The molecule has 4 rings (SSSR count). The molecule has 1 aromatic carbocycles. The number of rotatable bonds is 5. The van der Waals surface area contributed by atoms with Crippen molar-refractivity contribution in [2.75, 3.05) is 0 Å². The van der Waals surface area contributed by atoms with Gasteiger partial charge < -0.3 is 5.73 Å². The third-order valence-electron chi connectivity index (χ3n) is 4.75. The van der Waals surface area contributed by atoms with Gasteiger partial charge in [-0.3, -0.25) is 14.2 Å². The second kappa shape index (κ2) is 7.33. The van der Waals surface area contributed by atoms with E-state index in [0.717, 1.165) is 27.3 Å². The molecule has 1 amide bonds. The van der Waals surface area contributed by atoms with Crippen LogP contribution in [0.25, 0.3) is 32.0 Å². The summed E-state index contributed by atoms with van der Waals surface area (Å²) >= 11 is 3.13. The summed E-state index contributed by atoms with van der Waals surface area (Å²) in [5.41, 5.74) is 7.05. The molecule has 1 atom stereocenters. The van der Waals surface area contributed by atoms with Gasteiger partial charge in [0.2, 0.25) is 5.91 Å². The van der Waals surface area contributed by atoms with Crippen LogP contribution in [0.4, 0.5) is 0 Å². The van der Waals surface area contributed by atoms with Gasteiger partial charge in [-0.25, -0.2) is 4.98 Å². The highest BCUT2D eigenvalue weighted by Crippen LogP contribution is 2.39. The van der Waals surface area contributed by atoms with Crippen molar-refractivity contribution < 1.29 is 4.79 Å². The van der Waals surface area contributed by atoms with Crippen LogP contribution in [0.3, 0.4) is 0 Å². The molecule has 0 aliphatic heterocycles. The first-order chi connectivity index (χ1) is 13.5. The van der Waals surface area contributed by atoms with Crippen molar-refractivity contribution in [1.82, 2.24) is 9.55 Å². The highest BCUT2D eigenvalue weighted by atomic mass is 32.1. The first kappa shape index (κ1) is 18.6. The van der Waals surface area contributed by atoms with Crippen molar-refractivity contribution in [3.63, 3.8) is 0 Å². The zero-order chi connectivity index (χ0) is 19.8. The van der Waals surface area contributed by atoms with Crippen LogP contribution in [-0.2, 0) is 11.2 Å². The van der Waals surface area contributed by atoms with Crippen LogP contribution >= 0.6 is 22.7 Å². The largest absolute Gasteiger partial charge is 0.368 e. The van der Waals surface area contributed by atoms with Gasteiger partial charge in [0.25, 0.3) is 5.56 Å². The van der Waals surface area contributed by atoms with E-state index in [1.54, 1.807) is 18.3 Å². The summed E-state index contributed by atoms with van der Waals surface area (Å²) in [5.74, 6) is -0.102. The molecule has 0 aliphatic rings. The molecule has 0 fully saturated rings. The zero-order valence-corrected chi connectivity index (χ0v) is 17.1. The molecule has 3 heterocycles. The minimum Gasteiger partial charge on any atom is -0.368 e. The van der Waals surface area contributed by atoms with E-state index >= 15 is 0 Å². The van der Waals surface area contributed by atoms with Crippen LogP contribution in [-0.4, -0.2) is 15.5 Å². The van der Waals surface area contributed by atoms with E-state index in [2.05, 4.69) is 6.92 Å². The fraction of sp³-hybridized carbons (Fsp3) is 0.190. The van der Waals surface area contributed by atoms with Gasteiger partial charge in [0.1, 0.15) is 16.7 Å². The van der Waals surface area contributed by atoms with Crippen LogP contribution in [0.2, 0.25) is 0 Å². The van der Waals surface area contributed by atoms with Crippen molar-refractivity contribution in [3.05, 3.63) is 63.1 Å². The first-order valence-corrected chi connectivity index (χ1v) is 10.7. The fourth-order valence-electron chi connectivity index (χ4n) is 3.32. The smallest absolute Gasteiger partial charge is 0.263 e. The molecule has 0 spiro atoms. The molecule has 1 unspecified atom stereocenters. The predicted octanol–water partition coefficient (Wildman–Crippen LogP) is 4.46. The average Bonchev–Trinajstić information content (AvgIpc) is 3.35. The summed E-state index contributed by atoms with van der Waals surface area (Å²) in [6, 6.07) is 12.6. The first-order valence-electron chi connectivity index (χ1n) is 8.99. The Balaban J connectivity index is 2.13. The van der Waals surface area contributed by atoms with Crippen molar-refractivity contribution >= 4 is 38.8 Å². The van der Waals surface area contributed by atoms with Gasteiger partial charge in [-0.05, 0) is 24.8 Å². The lowest BCUT2D eigenvalue weighted by atomic mass is 10.1. The number of carbonyl (C=O) groups is 1. The molecule has 142 valence electrons. The number of primary amides is 1. The summed E-state index contributed by atoms with van der Waals surface area (Å²) < 4.78 is 1.43. The van der Waals surface area contributed by atoms with Crippen molar-refractivity contribution in [2.45, 2.75) is 26.3 Å². The normalized spacial score (nSPS) is 12.4. The molecular formula is C21H19N3O2S2. The summed E-state index contributed by atoms with van der Waals surface area (Å²) in [5, 5.41) is 2.56. The van der Waals surface area contributed by atoms with Crippen LogP contribution in [0.1, 0.15) is 24.8 Å². The van der Waals surface area contributed by atoms with Gasteiger partial charge in [0, 0.05) is 20.9 Å². The number of hydrogen-bond donors (Lipinski definition) is 1. The monoisotopic (exact) mass is 409 g/mol. The highest BCUT2D eigenvalue weighted by molar-refractivity contribution is 7.20. The highest BCUT2D eigenvalue weighted by Gasteiger charge is 2.25. The van der Waals surface area contributed by atoms with Crippen LogP contribution < -0.4 is 11.3 Å². The SMILES string of the molecule is CCc1sc2nc(-c3ccccc3)n(C(C)C(N)=O)c(=O)c2c1-c1cccs1. The van der Waals surface area contributed by atoms with Crippen LogP contribution in [0.15, 0.2) is 52.6 Å². The third-order valence-corrected chi connectivity index (χ3v) is 6.87. The molecule has 0 radical (unpaired) electrons. The quantitative estimate of drug-likeness (QED) is 0.528. The molecular weight excluding hydrogens is 390 g/mol. The molecule has 4 aromatic rings. The lowest BCUT2D eigenvalue weighted by Gasteiger charge is -2.17. The Hall–Kier alpha value is -2.77. The predicted molar refractivity (Wildman–Crippen MR) is 116 cm³/mol. The Morgan fingerprint density at radius 1 is 1.21 bits per heavy atom. The lowest BCUT2D eigenvalue weighted by Crippen LogP contribution is -2.33. The molecule has 0 saturated carbocycles. The number of fused-ring (bicyclic) bond motifs is 1. The van der Waals surface area contributed by atoms with Crippen molar-refractivity contribution in [1.29, 1.82) is 0 Å². The zero-order valence-electron chi connectivity index (χ0n) is 15.5. The van der Waals surface area contributed by atoms with Crippen molar-refractivity contribution in [3.8, 4) is 21.8 Å². The summed E-state index contributed by atoms with van der Waals surface area (Å²) in [6.07, 6.45) is 0.805. The third kappa shape index (κ3) is 2.96. The number of amides is 1. The van der Waals surface area contributed by atoms with Gasteiger partial charge in [0.15, 0.2) is 0 Å². The number of nitrogens with two attached hydrogens (primary N) is 1. The van der Waals surface area contributed by atoms with E-state index in [9.17, 15) is 9.59 Å². The molecule has 3 aromatic heterocycles. The number of carbonyl (C=O) groups excluding carboxylic acids is 1. The summed E-state index contributed by atoms with van der Waals surface area (Å²) in [7, 11) is 0. The second-order valence-corrected chi connectivity index (χ2v) is 8.50. The van der Waals surface area contributed by atoms with Gasteiger partial charge in [-0.15, -0.1) is 22.7 Å². The van der Waals surface area contributed by atoms with E-state index < -0.39 is 11.9 Å². The number of thiophene rings is 2. The maximum absolute atomic E-state index is 13.6. The number of hydrogen-bond acceptors (Lipinski definition) is 5. The van der Waals surface area contributed by atoms with E-state index in [4.69, 9.17) is 10.7 Å². The maximum Gasteiger partial charge on any atom is 0.263 e. The Morgan fingerprint density at radius 3 is 2.57 bits per heavy atom. The van der Waals surface area contributed by atoms with Gasteiger partial charge in [0.05, 0.1) is 5.39 Å². The van der Waals surface area contributed by atoms with E-state index in [1.165, 1.54) is 15.9 Å². The molecule has 7 heteroatoms. The molecule has 0 aliphatic carbocycles. The Morgan fingerprint density at radius 2 is 1.96 bits per heavy atom. The molecule has 0 bridgehead atoms. The van der Waals surface area contributed by atoms with Gasteiger partial charge >= 0.3 is 0 Å². The standard InChI is InChI=1S/C21H19N3O2S2/c1-3-14-16(15-10-7-11-27-15)17-20(28-14)23-19(13-8-5-4-6-9-13)24(21(17)26)12(2)18(22)25/h4-12H,3H2,1-2H3,(H2,22,25). The number of aromatic nitrogens is 2.